The molecule has 1 saturated carbocycles. The van der Waals surface area contributed by atoms with E-state index in [1.54, 1.807) is 0 Å². The standard InChI is InChI=1S/C19H30N2/c1-4-9-20-19(17-7-5-14(2)15(3)10-17)13-21-12-16-6-8-18(21)11-16/h5,7,10,16,18-20H,4,6,8-9,11-13H2,1-3H3. The molecule has 3 atom stereocenters. The van der Waals surface area contributed by atoms with Crippen LogP contribution in [0.5, 0.6) is 0 Å². The predicted molar refractivity (Wildman–Crippen MR) is 89.7 cm³/mol. The van der Waals surface area contributed by atoms with Crippen LogP contribution in [-0.2, 0) is 0 Å². The summed E-state index contributed by atoms with van der Waals surface area (Å²) < 4.78 is 0. The van der Waals surface area contributed by atoms with Crippen molar-refractivity contribution >= 4 is 0 Å². The van der Waals surface area contributed by atoms with Crippen molar-refractivity contribution in [2.75, 3.05) is 19.6 Å². The van der Waals surface area contributed by atoms with Crippen LogP contribution < -0.4 is 5.32 Å². The van der Waals surface area contributed by atoms with Gasteiger partial charge in [0.15, 0.2) is 0 Å². The largest absolute Gasteiger partial charge is 0.309 e. The summed E-state index contributed by atoms with van der Waals surface area (Å²) in [5.41, 5.74) is 4.28. The first-order valence-electron chi connectivity index (χ1n) is 8.72. The molecule has 0 spiro atoms. The molecule has 1 aliphatic carbocycles. The average Bonchev–Trinajstić information content (AvgIpc) is 3.09. The third-order valence-corrected chi connectivity index (χ3v) is 5.51. The Labute approximate surface area is 129 Å². The Kier molecular flexibility index (Phi) is 4.66. The Morgan fingerprint density at radius 1 is 1.24 bits per heavy atom. The van der Waals surface area contributed by atoms with Crippen LogP contribution in [0.4, 0.5) is 0 Å². The minimum atomic E-state index is 0.489. The molecule has 1 N–H and O–H groups in total. The van der Waals surface area contributed by atoms with E-state index in [0.717, 1.165) is 18.5 Å². The molecule has 2 fully saturated rings. The lowest BCUT2D eigenvalue weighted by Gasteiger charge is -2.31. The maximum Gasteiger partial charge on any atom is 0.0449 e. The van der Waals surface area contributed by atoms with Crippen molar-refractivity contribution in [2.45, 2.75) is 58.5 Å². The molecular formula is C19H30N2. The number of benzene rings is 1. The van der Waals surface area contributed by atoms with E-state index in [1.807, 2.05) is 0 Å². The van der Waals surface area contributed by atoms with Gasteiger partial charge < -0.3 is 5.32 Å². The molecule has 3 unspecified atom stereocenters. The minimum absolute atomic E-state index is 0.489. The van der Waals surface area contributed by atoms with Crippen LogP contribution in [0.3, 0.4) is 0 Å². The van der Waals surface area contributed by atoms with E-state index >= 15 is 0 Å². The molecule has 1 aliphatic heterocycles. The molecule has 1 aromatic carbocycles. The Balaban J connectivity index is 1.72. The van der Waals surface area contributed by atoms with Crippen LogP contribution in [0.1, 0.15) is 55.3 Å². The van der Waals surface area contributed by atoms with Gasteiger partial charge in [0.05, 0.1) is 0 Å². The van der Waals surface area contributed by atoms with Gasteiger partial charge in [-0.1, -0.05) is 25.1 Å². The van der Waals surface area contributed by atoms with Crippen molar-refractivity contribution in [3.63, 3.8) is 0 Å². The number of nitrogens with one attached hydrogen (secondary N) is 1. The SMILES string of the molecule is CCCNC(CN1CC2CCC1C2)c1ccc(C)c(C)c1. The first-order chi connectivity index (χ1) is 10.2. The van der Waals surface area contributed by atoms with Crippen LogP contribution in [0.2, 0.25) is 0 Å². The second-order valence-electron chi connectivity index (χ2n) is 7.14. The van der Waals surface area contributed by atoms with Gasteiger partial charge in [0.25, 0.3) is 0 Å². The molecule has 1 aromatic rings. The van der Waals surface area contributed by atoms with E-state index in [2.05, 4.69) is 49.2 Å². The Morgan fingerprint density at radius 2 is 2.10 bits per heavy atom. The van der Waals surface area contributed by atoms with Gasteiger partial charge in [0.1, 0.15) is 0 Å². The molecule has 21 heavy (non-hydrogen) atoms. The molecular weight excluding hydrogens is 256 g/mol. The van der Waals surface area contributed by atoms with E-state index in [0.29, 0.717) is 6.04 Å². The third kappa shape index (κ3) is 3.32. The number of nitrogens with zero attached hydrogens (tertiary/aromatic N) is 1. The molecule has 2 nitrogen and oxygen atoms in total. The van der Waals surface area contributed by atoms with Gasteiger partial charge in [-0.3, -0.25) is 4.90 Å². The Hall–Kier alpha value is -0.860. The van der Waals surface area contributed by atoms with Crippen molar-refractivity contribution in [3.8, 4) is 0 Å². The highest BCUT2D eigenvalue weighted by Crippen LogP contribution is 2.38. The van der Waals surface area contributed by atoms with Crippen molar-refractivity contribution < 1.29 is 0 Å². The fraction of sp³-hybridized carbons (Fsp3) is 0.684. The zero-order valence-electron chi connectivity index (χ0n) is 13.9. The van der Waals surface area contributed by atoms with Crippen molar-refractivity contribution in [2.24, 2.45) is 5.92 Å². The molecule has 1 heterocycles. The molecule has 0 amide bonds. The summed E-state index contributed by atoms with van der Waals surface area (Å²) in [6.07, 6.45) is 5.55. The highest BCUT2D eigenvalue weighted by molar-refractivity contribution is 5.32. The van der Waals surface area contributed by atoms with Crippen molar-refractivity contribution in [3.05, 3.63) is 34.9 Å². The molecule has 2 aliphatic rings. The first kappa shape index (κ1) is 15.1. The second kappa shape index (κ2) is 6.50. The second-order valence-corrected chi connectivity index (χ2v) is 7.14. The van der Waals surface area contributed by atoms with Crippen LogP contribution in [-0.4, -0.2) is 30.6 Å². The Morgan fingerprint density at radius 3 is 2.71 bits per heavy atom. The van der Waals surface area contributed by atoms with Crippen LogP contribution in [0, 0.1) is 19.8 Å². The minimum Gasteiger partial charge on any atom is -0.309 e. The molecule has 0 aromatic heterocycles. The highest BCUT2D eigenvalue weighted by atomic mass is 15.2. The number of piperidine rings is 1. The van der Waals surface area contributed by atoms with Crippen LogP contribution in [0.25, 0.3) is 0 Å². The van der Waals surface area contributed by atoms with Gasteiger partial charge in [-0.15, -0.1) is 0 Å². The van der Waals surface area contributed by atoms with Gasteiger partial charge in [0.2, 0.25) is 0 Å². The van der Waals surface area contributed by atoms with E-state index in [9.17, 15) is 0 Å². The number of rotatable bonds is 6. The molecule has 3 rings (SSSR count). The van der Waals surface area contributed by atoms with Gasteiger partial charge in [-0.25, -0.2) is 0 Å². The maximum atomic E-state index is 3.78. The lowest BCUT2D eigenvalue weighted by molar-refractivity contribution is 0.191. The monoisotopic (exact) mass is 286 g/mol. The summed E-state index contributed by atoms with van der Waals surface area (Å²) in [7, 11) is 0. The normalized spacial score (nSPS) is 26.4. The summed E-state index contributed by atoms with van der Waals surface area (Å²) in [6, 6.07) is 8.35. The van der Waals surface area contributed by atoms with E-state index in [1.165, 1.54) is 55.5 Å². The Bertz CT molecular complexity index is 482. The van der Waals surface area contributed by atoms with Crippen molar-refractivity contribution in [1.29, 1.82) is 0 Å². The molecule has 2 heteroatoms. The summed E-state index contributed by atoms with van der Waals surface area (Å²) in [4.78, 5) is 2.75. The summed E-state index contributed by atoms with van der Waals surface area (Å²) >= 11 is 0. The third-order valence-electron chi connectivity index (χ3n) is 5.51. The lowest BCUT2D eigenvalue weighted by Crippen LogP contribution is -2.39. The number of aryl methyl sites for hydroxylation is 2. The molecule has 116 valence electrons. The number of fused-ring (bicyclic) bond motifs is 2. The van der Waals surface area contributed by atoms with Gasteiger partial charge in [-0.05, 0) is 68.7 Å². The quantitative estimate of drug-likeness (QED) is 0.855. The molecule has 2 bridgehead atoms. The number of likely N-dealkylation sites (tertiary alicyclic amines) is 1. The smallest absolute Gasteiger partial charge is 0.0449 e. The molecule has 1 saturated heterocycles. The lowest BCUT2D eigenvalue weighted by atomic mass is 9.99. The van der Waals surface area contributed by atoms with E-state index < -0.39 is 0 Å². The van der Waals surface area contributed by atoms with Crippen molar-refractivity contribution in [1.82, 2.24) is 10.2 Å². The van der Waals surface area contributed by atoms with E-state index in [4.69, 9.17) is 0 Å². The summed E-state index contributed by atoms with van der Waals surface area (Å²) in [5.74, 6) is 0.988. The number of hydrogen-bond donors (Lipinski definition) is 1. The highest BCUT2D eigenvalue weighted by Gasteiger charge is 2.38. The topological polar surface area (TPSA) is 15.3 Å². The fourth-order valence-electron chi connectivity index (χ4n) is 4.07. The maximum absolute atomic E-state index is 3.78. The van der Waals surface area contributed by atoms with E-state index in [-0.39, 0.29) is 0 Å². The summed E-state index contributed by atoms with van der Waals surface area (Å²) in [6.45, 7) is 10.3. The number of hydrogen-bond acceptors (Lipinski definition) is 2. The average molecular weight is 286 g/mol. The van der Waals surface area contributed by atoms with Gasteiger partial charge in [0, 0.05) is 25.2 Å². The van der Waals surface area contributed by atoms with Crippen LogP contribution >= 0.6 is 0 Å². The zero-order chi connectivity index (χ0) is 14.8. The van der Waals surface area contributed by atoms with Crippen LogP contribution in [0.15, 0.2) is 18.2 Å². The zero-order valence-corrected chi connectivity index (χ0v) is 13.9. The molecule has 0 radical (unpaired) electrons. The van der Waals surface area contributed by atoms with Gasteiger partial charge in [-0.2, -0.15) is 0 Å². The van der Waals surface area contributed by atoms with Gasteiger partial charge >= 0.3 is 0 Å². The fourth-order valence-corrected chi connectivity index (χ4v) is 4.07. The predicted octanol–water partition coefficient (Wildman–Crippen LogP) is 3.83. The summed E-state index contributed by atoms with van der Waals surface area (Å²) in [5, 5.41) is 3.78. The first-order valence-corrected chi connectivity index (χ1v) is 8.72.